The number of hydrogen-bond acceptors (Lipinski definition) is 3. The lowest BCUT2D eigenvalue weighted by atomic mass is 9.76. The number of aryl methyl sites for hydroxylation is 2. The highest BCUT2D eigenvalue weighted by atomic mass is 79.9. The lowest BCUT2D eigenvalue weighted by molar-refractivity contribution is -0.134. The van der Waals surface area contributed by atoms with Crippen LogP contribution in [0.25, 0.3) is 0 Å². The van der Waals surface area contributed by atoms with Crippen LogP contribution in [0.1, 0.15) is 60.4 Å². The SMILES string of the molecule is NC(=O)N1CCC(CC(=O)N2CCC([C@H]3c4ncccc4CCc4cc(Br)cc(Br)c43)CC2)CC1. The molecule has 1 atom stereocenters. The van der Waals surface area contributed by atoms with Crippen LogP contribution in [0.15, 0.2) is 39.4 Å². The minimum atomic E-state index is -0.355. The van der Waals surface area contributed by atoms with E-state index in [-0.39, 0.29) is 17.9 Å². The van der Waals surface area contributed by atoms with E-state index in [0.717, 1.165) is 60.6 Å². The number of likely N-dealkylation sites (tertiary alicyclic amines) is 2. The third-order valence-corrected chi connectivity index (χ3v) is 9.24. The molecule has 2 N–H and O–H groups in total. The number of fused-ring (bicyclic) bond motifs is 2. The van der Waals surface area contributed by atoms with Gasteiger partial charge < -0.3 is 15.5 Å². The second kappa shape index (κ2) is 10.6. The first-order chi connectivity index (χ1) is 16.9. The molecule has 5 rings (SSSR count). The number of amides is 3. The van der Waals surface area contributed by atoms with E-state index in [9.17, 15) is 9.59 Å². The number of nitrogens with zero attached hydrogens (tertiary/aromatic N) is 3. The minimum Gasteiger partial charge on any atom is -0.351 e. The Morgan fingerprint density at radius 1 is 0.971 bits per heavy atom. The summed E-state index contributed by atoms with van der Waals surface area (Å²) in [5, 5.41) is 0. The van der Waals surface area contributed by atoms with E-state index in [0.29, 0.717) is 31.3 Å². The molecule has 6 nitrogen and oxygen atoms in total. The Labute approximate surface area is 223 Å². The zero-order chi connectivity index (χ0) is 24.5. The van der Waals surface area contributed by atoms with Crippen LogP contribution in [0.2, 0.25) is 0 Å². The van der Waals surface area contributed by atoms with Crippen LogP contribution < -0.4 is 5.73 Å². The van der Waals surface area contributed by atoms with Crippen molar-refractivity contribution in [3.8, 4) is 0 Å². The van der Waals surface area contributed by atoms with Crippen LogP contribution in [0.4, 0.5) is 4.79 Å². The van der Waals surface area contributed by atoms with E-state index in [1.807, 2.05) is 12.3 Å². The molecular formula is C27H32Br2N4O2. The number of carbonyl (C=O) groups excluding carboxylic acids is 2. The first kappa shape index (κ1) is 24.8. The summed E-state index contributed by atoms with van der Waals surface area (Å²) in [6, 6.07) is 8.34. The minimum absolute atomic E-state index is 0.238. The molecule has 2 saturated heterocycles. The fourth-order valence-corrected chi connectivity index (χ4v) is 7.78. The van der Waals surface area contributed by atoms with Crippen LogP contribution in [-0.4, -0.2) is 52.9 Å². The Bertz CT molecular complexity index is 1110. The van der Waals surface area contributed by atoms with Gasteiger partial charge in [-0.15, -0.1) is 0 Å². The molecule has 8 heteroatoms. The van der Waals surface area contributed by atoms with E-state index in [4.69, 9.17) is 10.7 Å². The molecule has 0 unspecified atom stereocenters. The number of rotatable bonds is 3. The number of hydrogen-bond donors (Lipinski definition) is 1. The zero-order valence-corrected chi connectivity index (χ0v) is 23.1. The number of aromatic nitrogens is 1. The smallest absolute Gasteiger partial charge is 0.314 e. The number of piperidine rings is 2. The maximum Gasteiger partial charge on any atom is 0.314 e. The highest BCUT2D eigenvalue weighted by molar-refractivity contribution is 9.11. The van der Waals surface area contributed by atoms with Crippen molar-refractivity contribution in [1.82, 2.24) is 14.8 Å². The molecule has 186 valence electrons. The topological polar surface area (TPSA) is 79.5 Å². The Morgan fingerprint density at radius 3 is 2.37 bits per heavy atom. The fraction of sp³-hybridized carbons (Fsp3) is 0.519. The average Bonchev–Trinajstić information content (AvgIpc) is 3.02. The van der Waals surface area contributed by atoms with Gasteiger partial charge in [0, 0.05) is 53.7 Å². The molecule has 35 heavy (non-hydrogen) atoms. The molecule has 3 aliphatic rings. The Morgan fingerprint density at radius 2 is 1.66 bits per heavy atom. The second-order valence-electron chi connectivity index (χ2n) is 10.2. The van der Waals surface area contributed by atoms with Crippen LogP contribution in [0, 0.1) is 11.8 Å². The summed E-state index contributed by atoms with van der Waals surface area (Å²) in [5.41, 5.74) is 10.7. The number of urea groups is 1. The van der Waals surface area contributed by atoms with Crippen molar-refractivity contribution in [3.63, 3.8) is 0 Å². The summed E-state index contributed by atoms with van der Waals surface area (Å²) in [7, 11) is 0. The molecule has 3 amide bonds. The molecular weight excluding hydrogens is 572 g/mol. The van der Waals surface area contributed by atoms with Crippen molar-refractivity contribution in [3.05, 3.63) is 61.8 Å². The highest BCUT2D eigenvalue weighted by Gasteiger charge is 2.36. The monoisotopic (exact) mass is 602 g/mol. The molecule has 0 saturated carbocycles. The molecule has 2 aromatic rings. The maximum atomic E-state index is 13.1. The van der Waals surface area contributed by atoms with Crippen molar-refractivity contribution in [2.45, 2.75) is 50.9 Å². The van der Waals surface area contributed by atoms with E-state index in [1.165, 1.54) is 22.4 Å². The van der Waals surface area contributed by atoms with Gasteiger partial charge in [0.05, 0.1) is 5.69 Å². The van der Waals surface area contributed by atoms with E-state index in [1.54, 1.807) is 4.90 Å². The molecule has 1 aromatic carbocycles. The standard InChI is InChI=1S/C27H32Br2N4O2/c28-21-15-20-4-3-19-2-1-9-31-26(19)25(24(20)22(29)16-21)18-7-12-32(13-8-18)23(34)14-17-5-10-33(11-6-17)27(30)35/h1-2,9,15-18,25H,3-8,10-14H2,(H2,30,35)/t25-/m1/s1. The van der Waals surface area contributed by atoms with E-state index < -0.39 is 0 Å². The molecule has 3 heterocycles. The molecule has 2 fully saturated rings. The van der Waals surface area contributed by atoms with Gasteiger partial charge in [-0.05, 0) is 85.3 Å². The van der Waals surface area contributed by atoms with E-state index >= 15 is 0 Å². The molecule has 1 aliphatic carbocycles. The molecule has 0 spiro atoms. The van der Waals surface area contributed by atoms with Crippen molar-refractivity contribution in [2.75, 3.05) is 26.2 Å². The summed E-state index contributed by atoms with van der Waals surface area (Å²) in [6.07, 6.45) is 8.18. The first-order valence-electron chi connectivity index (χ1n) is 12.6. The molecule has 0 bridgehead atoms. The summed E-state index contributed by atoms with van der Waals surface area (Å²) in [5.74, 6) is 1.28. The van der Waals surface area contributed by atoms with Crippen LogP contribution >= 0.6 is 31.9 Å². The van der Waals surface area contributed by atoms with Crippen molar-refractivity contribution < 1.29 is 9.59 Å². The summed E-state index contributed by atoms with van der Waals surface area (Å²) in [6.45, 7) is 2.92. The van der Waals surface area contributed by atoms with Gasteiger partial charge in [0.1, 0.15) is 0 Å². The van der Waals surface area contributed by atoms with Gasteiger partial charge >= 0.3 is 6.03 Å². The summed E-state index contributed by atoms with van der Waals surface area (Å²) in [4.78, 5) is 33.1. The number of carbonyl (C=O) groups is 2. The number of halogens is 2. The van der Waals surface area contributed by atoms with Crippen molar-refractivity contribution in [2.24, 2.45) is 17.6 Å². The third kappa shape index (κ3) is 5.29. The van der Waals surface area contributed by atoms with E-state index in [2.05, 4.69) is 55.0 Å². The molecule has 1 aromatic heterocycles. The second-order valence-corrected chi connectivity index (χ2v) is 11.9. The summed E-state index contributed by atoms with van der Waals surface area (Å²) >= 11 is 7.55. The number of nitrogens with two attached hydrogens (primary N) is 1. The Kier molecular flexibility index (Phi) is 7.49. The van der Waals surface area contributed by atoms with Crippen molar-refractivity contribution in [1.29, 1.82) is 0 Å². The molecule has 0 radical (unpaired) electrons. The number of primary amides is 1. The van der Waals surface area contributed by atoms with Gasteiger partial charge in [0.2, 0.25) is 5.91 Å². The van der Waals surface area contributed by atoms with Crippen LogP contribution in [0.3, 0.4) is 0 Å². The maximum absolute atomic E-state index is 13.1. The van der Waals surface area contributed by atoms with Crippen LogP contribution in [0.5, 0.6) is 0 Å². The Balaban J connectivity index is 1.29. The van der Waals surface area contributed by atoms with Gasteiger partial charge in [-0.25, -0.2) is 4.79 Å². The van der Waals surface area contributed by atoms with Gasteiger partial charge in [-0.1, -0.05) is 37.9 Å². The highest BCUT2D eigenvalue weighted by Crippen LogP contribution is 2.45. The van der Waals surface area contributed by atoms with Gasteiger partial charge in [0.15, 0.2) is 0 Å². The molecule has 2 aliphatic heterocycles. The van der Waals surface area contributed by atoms with Gasteiger partial charge in [0.25, 0.3) is 0 Å². The lowest BCUT2D eigenvalue weighted by Gasteiger charge is -2.38. The van der Waals surface area contributed by atoms with Crippen LogP contribution in [-0.2, 0) is 17.6 Å². The van der Waals surface area contributed by atoms with Gasteiger partial charge in [-0.3, -0.25) is 9.78 Å². The normalized spacial score (nSPS) is 21.3. The number of pyridine rings is 1. The Hall–Kier alpha value is -1.93. The largest absolute Gasteiger partial charge is 0.351 e. The third-order valence-electron chi connectivity index (χ3n) is 8.13. The lowest BCUT2D eigenvalue weighted by Crippen LogP contribution is -2.44. The fourth-order valence-electron chi connectivity index (χ4n) is 6.22. The quantitative estimate of drug-likeness (QED) is 0.520. The zero-order valence-electron chi connectivity index (χ0n) is 19.9. The van der Waals surface area contributed by atoms with Gasteiger partial charge in [-0.2, -0.15) is 0 Å². The van der Waals surface area contributed by atoms with Crippen molar-refractivity contribution >= 4 is 43.8 Å². The number of benzene rings is 1. The summed E-state index contributed by atoms with van der Waals surface area (Å²) < 4.78 is 2.24. The first-order valence-corrected chi connectivity index (χ1v) is 14.2. The average molecular weight is 604 g/mol. The predicted molar refractivity (Wildman–Crippen MR) is 143 cm³/mol. The predicted octanol–water partition coefficient (Wildman–Crippen LogP) is 5.26.